The normalized spacial score (nSPS) is 12.3. The third-order valence-corrected chi connectivity index (χ3v) is 3.52. The third kappa shape index (κ3) is 9.63. The molecule has 1 aromatic rings. The molecule has 1 unspecified atom stereocenters. The van der Waals surface area contributed by atoms with E-state index in [0.29, 0.717) is 18.5 Å². The Morgan fingerprint density at radius 2 is 2.09 bits per heavy atom. The number of nitrogens with zero attached hydrogens (tertiary/aromatic N) is 2. The smallest absolute Gasteiger partial charge is 0.213 e. The van der Waals surface area contributed by atoms with Gasteiger partial charge in [-0.3, -0.25) is 4.99 Å². The molecule has 0 aliphatic rings. The molecule has 0 spiro atoms. The fraction of sp³-hybridized carbons (Fsp3) is 0.647. The molecule has 0 saturated carbocycles. The molecule has 1 atom stereocenters. The van der Waals surface area contributed by atoms with Crippen LogP contribution in [-0.2, 0) is 6.54 Å². The molecule has 1 heterocycles. The lowest BCUT2D eigenvalue weighted by molar-refractivity contribution is 0.396. The van der Waals surface area contributed by atoms with E-state index in [1.165, 1.54) is 25.7 Å². The Morgan fingerprint density at radius 3 is 2.74 bits per heavy atom. The van der Waals surface area contributed by atoms with Gasteiger partial charge in [-0.15, -0.1) is 24.0 Å². The van der Waals surface area contributed by atoms with Crippen LogP contribution < -0.4 is 15.4 Å². The van der Waals surface area contributed by atoms with E-state index in [1.807, 2.05) is 18.2 Å². The summed E-state index contributed by atoms with van der Waals surface area (Å²) in [7, 11) is 3.42. The van der Waals surface area contributed by atoms with Crippen molar-refractivity contribution in [2.45, 2.75) is 58.5 Å². The van der Waals surface area contributed by atoms with Crippen molar-refractivity contribution < 1.29 is 4.74 Å². The van der Waals surface area contributed by atoms with Crippen LogP contribution in [0.4, 0.5) is 0 Å². The monoisotopic (exact) mass is 434 g/mol. The molecule has 1 rings (SSSR count). The zero-order valence-electron chi connectivity index (χ0n) is 14.8. The Balaban J connectivity index is 0.00000484. The van der Waals surface area contributed by atoms with E-state index in [4.69, 9.17) is 4.74 Å². The minimum absolute atomic E-state index is 0. The number of rotatable bonds is 9. The number of guanidine groups is 1. The predicted molar refractivity (Wildman–Crippen MR) is 108 cm³/mol. The molecular weight excluding hydrogens is 403 g/mol. The van der Waals surface area contributed by atoms with Gasteiger partial charge in [0.1, 0.15) is 0 Å². The van der Waals surface area contributed by atoms with Gasteiger partial charge >= 0.3 is 0 Å². The second-order valence-electron chi connectivity index (χ2n) is 5.49. The molecule has 0 fully saturated rings. The lowest BCUT2D eigenvalue weighted by Gasteiger charge is -2.17. The van der Waals surface area contributed by atoms with Gasteiger partial charge in [0.05, 0.1) is 19.3 Å². The second-order valence-corrected chi connectivity index (χ2v) is 5.49. The molecule has 0 radical (unpaired) electrons. The molecular formula is C17H31IN4O. The number of hydrogen-bond acceptors (Lipinski definition) is 3. The number of aliphatic imine (C=N–C) groups is 1. The molecule has 1 aromatic heterocycles. The Hall–Kier alpha value is -1.05. The maximum atomic E-state index is 5.13. The summed E-state index contributed by atoms with van der Waals surface area (Å²) in [6.45, 7) is 5.06. The molecule has 2 N–H and O–H groups in total. The first kappa shape index (κ1) is 21.9. The SMILES string of the molecule is CCCCCCC(C)NC(=NC)NCc1cccc(OC)n1.I. The van der Waals surface area contributed by atoms with Gasteiger partial charge in [-0.2, -0.15) is 0 Å². The number of methoxy groups -OCH3 is 1. The van der Waals surface area contributed by atoms with E-state index >= 15 is 0 Å². The summed E-state index contributed by atoms with van der Waals surface area (Å²) in [5.41, 5.74) is 0.929. The van der Waals surface area contributed by atoms with Gasteiger partial charge in [-0.25, -0.2) is 4.98 Å². The molecule has 0 aliphatic carbocycles. The van der Waals surface area contributed by atoms with Crippen molar-refractivity contribution in [3.05, 3.63) is 23.9 Å². The summed E-state index contributed by atoms with van der Waals surface area (Å²) in [4.78, 5) is 8.64. The highest BCUT2D eigenvalue weighted by Crippen LogP contribution is 2.07. The van der Waals surface area contributed by atoms with Crippen molar-refractivity contribution in [2.24, 2.45) is 4.99 Å². The summed E-state index contributed by atoms with van der Waals surface area (Å²) >= 11 is 0. The van der Waals surface area contributed by atoms with E-state index in [1.54, 1.807) is 14.2 Å². The van der Waals surface area contributed by atoms with E-state index in [-0.39, 0.29) is 24.0 Å². The number of nitrogens with one attached hydrogen (secondary N) is 2. The molecule has 0 amide bonds. The molecule has 0 saturated heterocycles. The fourth-order valence-electron chi connectivity index (χ4n) is 2.22. The Kier molecular flexibility index (Phi) is 12.8. The molecule has 0 bridgehead atoms. The number of ether oxygens (including phenoxy) is 1. The van der Waals surface area contributed by atoms with E-state index < -0.39 is 0 Å². The summed E-state index contributed by atoms with van der Waals surface area (Å²) in [5.74, 6) is 1.44. The Labute approximate surface area is 157 Å². The van der Waals surface area contributed by atoms with Crippen molar-refractivity contribution in [3.8, 4) is 5.88 Å². The number of unbranched alkanes of at least 4 members (excludes halogenated alkanes) is 3. The molecule has 23 heavy (non-hydrogen) atoms. The quantitative estimate of drug-likeness (QED) is 0.269. The number of halogens is 1. The predicted octanol–water partition coefficient (Wildman–Crippen LogP) is 3.73. The second kappa shape index (κ2) is 13.4. The van der Waals surface area contributed by atoms with Crippen molar-refractivity contribution in [1.29, 1.82) is 0 Å². The highest BCUT2D eigenvalue weighted by molar-refractivity contribution is 14.0. The summed E-state index contributed by atoms with van der Waals surface area (Å²) < 4.78 is 5.13. The Morgan fingerprint density at radius 1 is 1.30 bits per heavy atom. The minimum Gasteiger partial charge on any atom is -0.481 e. The highest BCUT2D eigenvalue weighted by Gasteiger charge is 2.05. The van der Waals surface area contributed by atoms with E-state index in [0.717, 1.165) is 18.1 Å². The van der Waals surface area contributed by atoms with Gasteiger partial charge in [0.25, 0.3) is 0 Å². The topological polar surface area (TPSA) is 58.5 Å². The van der Waals surface area contributed by atoms with Crippen LogP contribution in [0.2, 0.25) is 0 Å². The van der Waals surface area contributed by atoms with Crippen molar-refractivity contribution >= 4 is 29.9 Å². The van der Waals surface area contributed by atoms with Crippen LogP contribution in [0.15, 0.2) is 23.2 Å². The van der Waals surface area contributed by atoms with Gasteiger partial charge in [0, 0.05) is 19.2 Å². The van der Waals surface area contributed by atoms with Crippen LogP contribution in [0, 0.1) is 0 Å². The van der Waals surface area contributed by atoms with Gasteiger partial charge < -0.3 is 15.4 Å². The van der Waals surface area contributed by atoms with Gasteiger partial charge in [0.2, 0.25) is 5.88 Å². The lowest BCUT2D eigenvalue weighted by Crippen LogP contribution is -2.41. The molecule has 132 valence electrons. The van der Waals surface area contributed by atoms with Gasteiger partial charge in [-0.1, -0.05) is 38.7 Å². The average molecular weight is 434 g/mol. The molecule has 0 aromatic carbocycles. The first-order valence-corrected chi connectivity index (χ1v) is 8.16. The molecule has 0 aliphatic heterocycles. The average Bonchev–Trinajstić information content (AvgIpc) is 2.55. The fourth-order valence-corrected chi connectivity index (χ4v) is 2.22. The zero-order valence-corrected chi connectivity index (χ0v) is 17.1. The highest BCUT2D eigenvalue weighted by atomic mass is 127. The first-order valence-electron chi connectivity index (χ1n) is 8.16. The van der Waals surface area contributed by atoms with Crippen LogP contribution in [0.3, 0.4) is 0 Å². The van der Waals surface area contributed by atoms with Crippen molar-refractivity contribution in [1.82, 2.24) is 15.6 Å². The maximum Gasteiger partial charge on any atom is 0.213 e. The van der Waals surface area contributed by atoms with E-state index in [2.05, 4.69) is 34.5 Å². The van der Waals surface area contributed by atoms with Crippen molar-refractivity contribution in [2.75, 3.05) is 14.2 Å². The Bertz CT molecular complexity index is 454. The molecule has 5 nitrogen and oxygen atoms in total. The minimum atomic E-state index is 0. The van der Waals surface area contributed by atoms with E-state index in [9.17, 15) is 0 Å². The lowest BCUT2D eigenvalue weighted by atomic mass is 10.1. The first-order chi connectivity index (χ1) is 10.7. The van der Waals surface area contributed by atoms with Crippen molar-refractivity contribution in [3.63, 3.8) is 0 Å². The van der Waals surface area contributed by atoms with Crippen LogP contribution in [0.25, 0.3) is 0 Å². The summed E-state index contributed by atoms with van der Waals surface area (Å²) in [6, 6.07) is 6.17. The number of pyridine rings is 1. The number of aromatic nitrogens is 1. The maximum absolute atomic E-state index is 5.13. The van der Waals surface area contributed by atoms with Crippen LogP contribution in [-0.4, -0.2) is 31.1 Å². The summed E-state index contributed by atoms with van der Waals surface area (Å²) in [5, 5.41) is 6.71. The van der Waals surface area contributed by atoms with Gasteiger partial charge in [-0.05, 0) is 19.4 Å². The standard InChI is InChI=1S/C17H30N4O.HI/c1-5-6-7-8-10-14(2)20-17(18-3)19-13-15-11-9-12-16(21-15)22-4;/h9,11-12,14H,5-8,10,13H2,1-4H3,(H2,18,19,20);1H. The van der Waals surface area contributed by atoms with Crippen LogP contribution in [0.5, 0.6) is 5.88 Å². The third-order valence-electron chi connectivity index (χ3n) is 3.52. The number of hydrogen-bond donors (Lipinski definition) is 2. The van der Waals surface area contributed by atoms with Crippen LogP contribution in [0.1, 0.15) is 51.6 Å². The molecule has 6 heteroatoms. The zero-order chi connectivity index (χ0) is 16.2. The largest absolute Gasteiger partial charge is 0.481 e. The van der Waals surface area contributed by atoms with Gasteiger partial charge in [0.15, 0.2) is 5.96 Å². The van der Waals surface area contributed by atoms with Crippen LogP contribution >= 0.6 is 24.0 Å². The summed E-state index contributed by atoms with van der Waals surface area (Å²) in [6.07, 6.45) is 6.33.